The number of aryl methyl sites for hydroxylation is 1. The molecule has 2 rings (SSSR count). The molecule has 0 saturated heterocycles. The van der Waals surface area contributed by atoms with Crippen molar-refractivity contribution in [3.05, 3.63) is 11.3 Å². The van der Waals surface area contributed by atoms with Crippen LogP contribution in [0.2, 0.25) is 0 Å². The van der Waals surface area contributed by atoms with Crippen LogP contribution in [0.3, 0.4) is 0 Å². The van der Waals surface area contributed by atoms with E-state index in [-0.39, 0.29) is 10.6 Å². The zero-order valence-corrected chi connectivity index (χ0v) is 13.9. The molecule has 1 aliphatic rings. The first kappa shape index (κ1) is 16.5. The van der Waals surface area contributed by atoms with Crippen molar-refractivity contribution in [3.63, 3.8) is 0 Å². The van der Waals surface area contributed by atoms with Gasteiger partial charge in [0.1, 0.15) is 0 Å². The molecule has 1 fully saturated rings. The van der Waals surface area contributed by atoms with E-state index in [0.29, 0.717) is 6.54 Å². The lowest BCUT2D eigenvalue weighted by molar-refractivity contribution is 0.426. The second kappa shape index (κ2) is 6.46. The van der Waals surface area contributed by atoms with Crippen LogP contribution in [0, 0.1) is 6.92 Å². The summed E-state index contributed by atoms with van der Waals surface area (Å²) in [7, 11) is -3.58. The molecule has 0 bridgehead atoms. The van der Waals surface area contributed by atoms with Gasteiger partial charge >= 0.3 is 0 Å². The van der Waals surface area contributed by atoms with Crippen LogP contribution in [0.25, 0.3) is 0 Å². The van der Waals surface area contributed by atoms with Crippen LogP contribution in [-0.2, 0) is 16.6 Å². The van der Waals surface area contributed by atoms with E-state index in [1.165, 1.54) is 0 Å². The molecule has 120 valence electrons. The highest BCUT2D eigenvalue weighted by molar-refractivity contribution is 7.89. The van der Waals surface area contributed by atoms with E-state index in [1.54, 1.807) is 0 Å². The average molecular weight is 314 g/mol. The number of nitrogens with one attached hydrogen (secondary N) is 3. The molecule has 1 saturated carbocycles. The molecule has 0 amide bonds. The van der Waals surface area contributed by atoms with Gasteiger partial charge in [0.15, 0.2) is 5.03 Å². The molecular formula is C14H26N4O2S. The first-order valence-corrected chi connectivity index (χ1v) is 9.15. The topological polar surface area (TPSA) is 86.9 Å². The van der Waals surface area contributed by atoms with Crippen molar-refractivity contribution in [2.24, 2.45) is 0 Å². The molecule has 6 nitrogen and oxygen atoms in total. The molecule has 1 aromatic rings. The predicted octanol–water partition coefficient (Wildman–Crippen LogP) is 1.83. The summed E-state index contributed by atoms with van der Waals surface area (Å²) in [4.78, 5) is 0. The van der Waals surface area contributed by atoms with Crippen LogP contribution in [0.4, 0.5) is 0 Å². The number of hydrogen-bond donors (Lipinski definition) is 3. The van der Waals surface area contributed by atoms with Crippen LogP contribution >= 0.6 is 0 Å². The highest BCUT2D eigenvalue weighted by Gasteiger charge is 2.35. The molecule has 3 N–H and O–H groups in total. The number of hydrogen-bond acceptors (Lipinski definition) is 4. The fraction of sp³-hybridized carbons (Fsp3) is 0.786. The minimum absolute atomic E-state index is 0.136. The van der Waals surface area contributed by atoms with E-state index in [4.69, 9.17) is 0 Å². The van der Waals surface area contributed by atoms with Crippen molar-refractivity contribution in [2.45, 2.75) is 70.0 Å². The molecule has 0 atom stereocenters. The molecule has 0 radical (unpaired) electrons. The molecule has 7 heteroatoms. The molecule has 21 heavy (non-hydrogen) atoms. The highest BCUT2D eigenvalue weighted by Crippen LogP contribution is 2.31. The third-order valence-corrected chi connectivity index (χ3v) is 5.72. The van der Waals surface area contributed by atoms with Crippen molar-refractivity contribution < 1.29 is 8.42 Å². The number of H-pyrrole nitrogens is 1. The van der Waals surface area contributed by atoms with Gasteiger partial charge in [-0.2, -0.15) is 5.10 Å². The minimum atomic E-state index is -3.58. The zero-order valence-electron chi connectivity index (χ0n) is 13.1. The molecule has 1 heterocycles. The van der Waals surface area contributed by atoms with Gasteiger partial charge in [-0.25, -0.2) is 13.1 Å². The lowest BCUT2D eigenvalue weighted by Crippen LogP contribution is -2.44. The second-order valence-corrected chi connectivity index (χ2v) is 7.78. The average Bonchev–Trinajstić information content (AvgIpc) is 2.97. The molecule has 0 spiro atoms. The summed E-state index contributed by atoms with van der Waals surface area (Å²) in [5.74, 6) is 0. The lowest BCUT2D eigenvalue weighted by Gasteiger charge is -2.24. The molecular weight excluding hydrogens is 288 g/mol. The lowest BCUT2D eigenvalue weighted by atomic mass is 10.0. The smallest absolute Gasteiger partial charge is 0.260 e. The number of rotatable bonds is 7. The molecule has 1 aromatic heterocycles. The van der Waals surface area contributed by atoms with Crippen molar-refractivity contribution in [1.82, 2.24) is 20.2 Å². The maximum Gasteiger partial charge on any atom is 0.260 e. The Morgan fingerprint density at radius 1 is 1.33 bits per heavy atom. The van der Waals surface area contributed by atoms with Gasteiger partial charge < -0.3 is 5.32 Å². The summed E-state index contributed by atoms with van der Waals surface area (Å²) in [6.45, 7) is 7.28. The van der Waals surface area contributed by atoms with Crippen LogP contribution in [-0.4, -0.2) is 30.7 Å². The Morgan fingerprint density at radius 2 is 2.00 bits per heavy atom. The van der Waals surface area contributed by atoms with E-state index in [9.17, 15) is 8.42 Å². The van der Waals surface area contributed by atoms with Crippen LogP contribution in [0.5, 0.6) is 0 Å². The third kappa shape index (κ3) is 3.84. The zero-order chi connectivity index (χ0) is 15.5. The van der Waals surface area contributed by atoms with Crippen LogP contribution in [0.1, 0.15) is 57.2 Å². The normalized spacial score (nSPS) is 18.2. The van der Waals surface area contributed by atoms with Crippen molar-refractivity contribution in [3.8, 4) is 0 Å². The van der Waals surface area contributed by atoms with Crippen LogP contribution in [0.15, 0.2) is 5.03 Å². The van der Waals surface area contributed by atoms with Gasteiger partial charge in [-0.1, -0.05) is 19.8 Å². The summed E-state index contributed by atoms with van der Waals surface area (Å²) in [5, 5.41) is 10.2. The summed E-state index contributed by atoms with van der Waals surface area (Å²) < 4.78 is 28.1. The Kier molecular flexibility index (Phi) is 5.06. The molecule has 0 aliphatic heterocycles. The quantitative estimate of drug-likeness (QED) is 0.670. The van der Waals surface area contributed by atoms with Gasteiger partial charge in [0.25, 0.3) is 10.0 Å². The maximum atomic E-state index is 12.6. The molecule has 1 aliphatic carbocycles. The summed E-state index contributed by atoms with van der Waals surface area (Å²) in [6, 6.07) is 0. The standard InChI is InChI=1S/C14H26N4O2S/c1-4-9-15-10-12-11(2)16-17-13(12)21(19,20)18-14(3)7-5-6-8-14/h15,18H,4-10H2,1-3H3,(H,16,17). The second-order valence-electron chi connectivity index (χ2n) is 6.18. The van der Waals surface area contributed by atoms with E-state index in [2.05, 4.69) is 27.2 Å². The Bertz CT molecular complexity index is 574. The fourth-order valence-corrected chi connectivity index (χ4v) is 4.55. The summed E-state index contributed by atoms with van der Waals surface area (Å²) in [5.41, 5.74) is 1.20. The SMILES string of the molecule is CCCNCc1c(S(=O)(=O)NC2(C)CCCC2)n[nH]c1C. The first-order valence-electron chi connectivity index (χ1n) is 7.66. The van der Waals surface area contributed by atoms with Gasteiger partial charge in [0.05, 0.1) is 0 Å². The Balaban J connectivity index is 2.19. The Labute approximate surface area is 127 Å². The van der Waals surface area contributed by atoms with Crippen molar-refractivity contribution in [1.29, 1.82) is 0 Å². The number of sulfonamides is 1. The molecule has 0 unspecified atom stereocenters. The molecule has 0 aromatic carbocycles. The number of aromatic nitrogens is 2. The largest absolute Gasteiger partial charge is 0.313 e. The van der Waals surface area contributed by atoms with E-state index in [1.807, 2.05) is 13.8 Å². The van der Waals surface area contributed by atoms with Gasteiger partial charge in [-0.15, -0.1) is 0 Å². The fourth-order valence-electron chi connectivity index (χ4n) is 2.88. The maximum absolute atomic E-state index is 12.6. The number of nitrogens with zero attached hydrogens (tertiary/aromatic N) is 1. The van der Waals surface area contributed by atoms with E-state index in [0.717, 1.165) is 49.9 Å². The van der Waals surface area contributed by atoms with Crippen molar-refractivity contribution >= 4 is 10.0 Å². The summed E-state index contributed by atoms with van der Waals surface area (Å²) in [6.07, 6.45) is 4.93. The minimum Gasteiger partial charge on any atom is -0.313 e. The predicted molar refractivity (Wildman–Crippen MR) is 82.5 cm³/mol. The van der Waals surface area contributed by atoms with Crippen LogP contribution < -0.4 is 10.0 Å². The van der Waals surface area contributed by atoms with E-state index < -0.39 is 10.0 Å². The Morgan fingerprint density at radius 3 is 2.62 bits per heavy atom. The van der Waals surface area contributed by atoms with Gasteiger partial charge in [0, 0.05) is 23.3 Å². The van der Waals surface area contributed by atoms with Gasteiger partial charge in [-0.3, -0.25) is 5.10 Å². The first-order chi connectivity index (χ1) is 9.88. The van der Waals surface area contributed by atoms with Gasteiger partial charge in [-0.05, 0) is 39.7 Å². The number of aromatic amines is 1. The van der Waals surface area contributed by atoms with Crippen molar-refractivity contribution in [2.75, 3.05) is 6.54 Å². The van der Waals surface area contributed by atoms with Gasteiger partial charge in [0.2, 0.25) is 0 Å². The van der Waals surface area contributed by atoms with E-state index >= 15 is 0 Å². The Hall–Kier alpha value is -0.920. The highest BCUT2D eigenvalue weighted by atomic mass is 32.2. The third-order valence-electron chi connectivity index (χ3n) is 4.11. The monoisotopic (exact) mass is 314 g/mol. The summed E-state index contributed by atoms with van der Waals surface area (Å²) >= 11 is 0.